The monoisotopic (exact) mass is 444 g/mol. The summed E-state index contributed by atoms with van der Waals surface area (Å²) in [4.78, 5) is 54.0. The van der Waals surface area contributed by atoms with Gasteiger partial charge in [-0.1, -0.05) is 43.3 Å². The summed E-state index contributed by atoms with van der Waals surface area (Å²) in [5, 5.41) is 0. The quantitative estimate of drug-likeness (QED) is 0.313. The molecule has 2 fully saturated rings. The zero-order chi connectivity index (χ0) is 23.1. The molecule has 2 aromatic rings. The number of hydrogen-bond donors (Lipinski definition) is 0. The maximum atomic E-state index is 13.0. The van der Waals surface area contributed by atoms with E-state index in [0.717, 1.165) is 5.69 Å². The molecule has 7 heteroatoms. The molecule has 4 atom stereocenters. The van der Waals surface area contributed by atoms with Gasteiger partial charge in [-0.2, -0.15) is 0 Å². The first-order valence-corrected chi connectivity index (χ1v) is 11.2. The van der Waals surface area contributed by atoms with E-state index < -0.39 is 11.9 Å². The molecule has 0 aromatic heterocycles. The second kappa shape index (κ2) is 8.31. The van der Waals surface area contributed by atoms with Crippen LogP contribution in [-0.4, -0.2) is 30.2 Å². The lowest BCUT2D eigenvalue weighted by molar-refractivity contribution is -0.139. The number of amides is 3. The van der Waals surface area contributed by atoms with Gasteiger partial charge in [0.1, 0.15) is 5.75 Å². The second-order valence-electron chi connectivity index (χ2n) is 8.83. The van der Waals surface area contributed by atoms with Crippen LogP contribution < -0.4 is 14.5 Å². The van der Waals surface area contributed by atoms with E-state index in [1.54, 1.807) is 23.1 Å². The SMILES string of the molecule is C[C@@H]1C=CC[C@@H]2C(=O)N(c3cccc(OC(=O)[C@@H]4CC(=O)N(c5ccccc5)C4)c3)C(=O)[C@H]12. The van der Waals surface area contributed by atoms with E-state index in [9.17, 15) is 19.2 Å². The first-order chi connectivity index (χ1) is 15.9. The number of ether oxygens (including phenoxy) is 1. The second-order valence-corrected chi connectivity index (χ2v) is 8.83. The van der Waals surface area contributed by atoms with Gasteiger partial charge in [0.15, 0.2) is 0 Å². The van der Waals surface area contributed by atoms with Gasteiger partial charge in [-0.15, -0.1) is 0 Å². The largest absolute Gasteiger partial charge is 0.426 e. The van der Waals surface area contributed by atoms with E-state index in [-0.39, 0.29) is 54.2 Å². The number of allylic oxidation sites excluding steroid dienone is 2. The Kier molecular flexibility index (Phi) is 5.32. The van der Waals surface area contributed by atoms with Crippen molar-refractivity contribution in [3.8, 4) is 5.75 Å². The molecular formula is C26H24N2O5. The van der Waals surface area contributed by atoms with Gasteiger partial charge < -0.3 is 9.64 Å². The number of imide groups is 1. The topological polar surface area (TPSA) is 84.0 Å². The highest BCUT2D eigenvalue weighted by Crippen LogP contribution is 2.41. The van der Waals surface area contributed by atoms with Gasteiger partial charge in [0.25, 0.3) is 0 Å². The zero-order valence-corrected chi connectivity index (χ0v) is 18.2. The first kappa shape index (κ1) is 21.1. The van der Waals surface area contributed by atoms with Crippen LogP contribution in [-0.2, 0) is 19.2 Å². The smallest absolute Gasteiger partial charge is 0.316 e. The van der Waals surface area contributed by atoms with Crippen LogP contribution in [0.5, 0.6) is 5.75 Å². The molecule has 7 nitrogen and oxygen atoms in total. The number of carbonyl (C=O) groups excluding carboxylic acids is 4. The fraction of sp³-hybridized carbons (Fsp3) is 0.308. The van der Waals surface area contributed by atoms with E-state index in [2.05, 4.69) is 0 Å². The van der Waals surface area contributed by atoms with Crippen molar-refractivity contribution >= 4 is 35.1 Å². The Bertz CT molecular complexity index is 1160. The number of hydrogen-bond acceptors (Lipinski definition) is 5. The number of carbonyl (C=O) groups is 4. The van der Waals surface area contributed by atoms with Gasteiger partial charge in [-0.05, 0) is 36.6 Å². The summed E-state index contributed by atoms with van der Waals surface area (Å²) in [6.07, 6.45) is 4.57. The van der Waals surface area contributed by atoms with Crippen molar-refractivity contribution < 1.29 is 23.9 Å². The van der Waals surface area contributed by atoms with Crippen molar-refractivity contribution in [2.75, 3.05) is 16.3 Å². The normalized spacial score (nSPS) is 26.6. The van der Waals surface area contributed by atoms with Crippen LogP contribution >= 0.6 is 0 Å². The third kappa shape index (κ3) is 3.73. The molecule has 168 valence electrons. The van der Waals surface area contributed by atoms with E-state index in [1.807, 2.05) is 49.4 Å². The Hall–Kier alpha value is -3.74. The zero-order valence-electron chi connectivity index (χ0n) is 18.2. The maximum absolute atomic E-state index is 13.0. The van der Waals surface area contributed by atoms with Crippen LogP contribution in [0.2, 0.25) is 0 Å². The van der Waals surface area contributed by atoms with Crippen molar-refractivity contribution in [3.63, 3.8) is 0 Å². The summed E-state index contributed by atoms with van der Waals surface area (Å²) in [6.45, 7) is 2.19. The van der Waals surface area contributed by atoms with Crippen LogP contribution in [0.4, 0.5) is 11.4 Å². The molecule has 2 aliphatic heterocycles. The summed E-state index contributed by atoms with van der Waals surface area (Å²) in [5.74, 6) is -2.14. The lowest BCUT2D eigenvalue weighted by atomic mass is 9.78. The van der Waals surface area contributed by atoms with E-state index in [0.29, 0.717) is 12.1 Å². The molecule has 0 unspecified atom stereocenters. The van der Waals surface area contributed by atoms with Crippen molar-refractivity contribution in [2.45, 2.75) is 19.8 Å². The Morgan fingerprint density at radius 1 is 0.970 bits per heavy atom. The van der Waals surface area contributed by atoms with Crippen molar-refractivity contribution in [1.82, 2.24) is 0 Å². The highest BCUT2D eigenvalue weighted by atomic mass is 16.5. The van der Waals surface area contributed by atoms with Gasteiger partial charge in [-0.25, -0.2) is 4.90 Å². The summed E-state index contributed by atoms with van der Waals surface area (Å²) in [6, 6.07) is 15.7. The maximum Gasteiger partial charge on any atom is 0.316 e. The average molecular weight is 444 g/mol. The van der Waals surface area contributed by atoms with E-state index in [4.69, 9.17) is 4.74 Å². The fourth-order valence-corrected chi connectivity index (χ4v) is 5.01. The van der Waals surface area contributed by atoms with Gasteiger partial charge >= 0.3 is 5.97 Å². The number of nitrogens with zero attached hydrogens (tertiary/aromatic N) is 2. The predicted molar refractivity (Wildman–Crippen MR) is 121 cm³/mol. The summed E-state index contributed by atoms with van der Waals surface area (Å²) in [7, 11) is 0. The minimum absolute atomic E-state index is 0.00123. The third-order valence-electron chi connectivity index (χ3n) is 6.69. The fourth-order valence-electron chi connectivity index (χ4n) is 5.01. The molecule has 1 aliphatic carbocycles. The van der Waals surface area contributed by atoms with Crippen LogP contribution in [0.1, 0.15) is 19.8 Å². The average Bonchev–Trinajstić information content (AvgIpc) is 3.33. The molecule has 0 saturated carbocycles. The molecule has 0 spiro atoms. The molecule has 0 N–H and O–H groups in total. The first-order valence-electron chi connectivity index (χ1n) is 11.2. The van der Waals surface area contributed by atoms with Gasteiger partial charge in [0.05, 0.1) is 23.4 Å². The summed E-state index contributed by atoms with van der Waals surface area (Å²) < 4.78 is 5.56. The number of para-hydroxylation sites is 1. The Labute approximate surface area is 191 Å². The van der Waals surface area contributed by atoms with Crippen molar-refractivity contribution in [1.29, 1.82) is 0 Å². The molecule has 3 aliphatic rings. The minimum Gasteiger partial charge on any atom is -0.426 e. The van der Waals surface area contributed by atoms with Gasteiger partial charge in [0.2, 0.25) is 17.7 Å². The molecule has 5 rings (SSSR count). The van der Waals surface area contributed by atoms with Crippen molar-refractivity contribution in [3.05, 3.63) is 66.7 Å². The van der Waals surface area contributed by atoms with E-state index in [1.165, 1.54) is 11.0 Å². The molecule has 0 bridgehead atoms. The standard InChI is InChI=1S/C26H24N2O5/c1-16-7-5-12-21-23(16)25(31)28(24(21)30)19-10-6-11-20(14-19)33-26(32)17-13-22(29)27(15-17)18-8-3-2-4-9-18/h2-11,14,16-17,21,23H,12-13,15H2,1H3/t16-,17-,21+,23-/m1/s1. The number of benzene rings is 2. The Balaban J connectivity index is 1.30. The lowest BCUT2D eigenvalue weighted by Crippen LogP contribution is -2.31. The summed E-state index contributed by atoms with van der Waals surface area (Å²) in [5.41, 5.74) is 1.14. The van der Waals surface area contributed by atoms with Crippen molar-refractivity contribution in [2.24, 2.45) is 23.7 Å². The molecule has 2 heterocycles. The van der Waals surface area contributed by atoms with Crippen LogP contribution in [0.15, 0.2) is 66.7 Å². The number of esters is 1. The number of fused-ring (bicyclic) bond motifs is 1. The Morgan fingerprint density at radius 3 is 2.48 bits per heavy atom. The molecule has 3 amide bonds. The lowest BCUT2D eigenvalue weighted by Gasteiger charge is -2.22. The molecular weight excluding hydrogens is 420 g/mol. The highest BCUT2D eigenvalue weighted by molar-refractivity contribution is 6.22. The summed E-state index contributed by atoms with van der Waals surface area (Å²) >= 11 is 0. The van der Waals surface area contributed by atoms with Gasteiger partial charge in [0, 0.05) is 24.7 Å². The van der Waals surface area contributed by atoms with Gasteiger partial charge in [-0.3, -0.25) is 19.2 Å². The number of anilines is 2. The van der Waals surface area contributed by atoms with Crippen LogP contribution in [0.25, 0.3) is 0 Å². The molecule has 33 heavy (non-hydrogen) atoms. The third-order valence-corrected chi connectivity index (χ3v) is 6.69. The molecule has 2 saturated heterocycles. The number of rotatable bonds is 4. The van der Waals surface area contributed by atoms with Crippen LogP contribution in [0.3, 0.4) is 0 Å². The Morgan fingerprint density at radius 2 is 1.73 bits per heavy atom. The molecule has 2 aromatic carbocycles. The van der Waals surface area contributed by atoms with Crippen LogP contribution in [0, 0.1) is 23.7 Å². The minimum atomic E-state index is -0.591. The predicted octanol–water partition coefficient (Wildman–Crippen LogP) is 3.35. The van der Waals surface area contributed by atoms with E-state index >= 15 is 0 Å². The molecule has 0 radical (unpaired) electrons. The highest BCUT2D eigenvalue weighted by Gasteiger charge is 2.50.